The van der Waals surface area contributed by atoms with Crippen LogP contribution >= 0.6 is 0 Å². The van der Waals surface area contributed by atoms with Gasteiger partial charge >= 0.3 is 0 Å². The largest absolute Gasteiger partial charge is 0.352 e. The van der Waals surface area contributed by atoms with Gasteiger partial charge in [-0.1, -0.05) is 38.1 Å². The molecule has 0 heterocycles. The SMILES string of the molecule is CC[C@H](C)C(=O)Nc1cccc(CNC(=O)C[C@H]2C=CCC2)c1. The van der Waals surface area contributed by atoms with Gasteiger partial charge in [-0.05, 0) is 42.9 Å². The predicted octanol–water partition coefficient (Wildman–Crippen LogP) is 3.64. The normalized spacial score (nSPS) is 17.7. The van der Waals surface area contributed by atoms with E-state index in [-0.39, 0.29) is 17.7 Å². The van der Waals surface area contributed by atoms with E-state index in [9.17, 15) is 9.59 Å². The molecule has 2 amide bonds. The van der Waals surface area contributed by atoms with E-state index in [1.54, 1.807) is 0 Å². The average Bonchev–Trinajstić information content (AvgIpc) is 3.05. The molecule has 0 saturated carbocycles. The summed E-state index contributed by atoms with van der Waals surface area (Å²) in [5.74, 6) is 0.492. The second kappa shape index (κ2) is 8.51. The molecular formula is C19H26N2O2. The molecule has 0 saturated heterocycles. The number of carbonyl (C=O) groups excluding carboxylic acids is 2. The molecule has 0 fully saturated rings. The van der Waals surface area contributed by atoms with E-state index in [2.05, 4.69) is 22.8 Å². The second-order valence-corrected chi connectivity index (χ2v) is 6.25. The van der Waals surface area contributed by atoms with Crippen molar-refractivity contribution in [1.82, 2.24) is 5.32 Å². The summed E-state index contributed by atoms with van der Waals surface area (Å²) in [4.78, 5) is 23.9. The second-order valence-electron chi connectivity index (χ2n) is 6.25. The molecule has 0 aliphatic heterocycles. The van der Waals surface area contributed by atoms with Gasteiger partial charge in [0.25, 0.3) is 0 Å². The van der Waals surface area contributed by atoms with E-state index in [0.717, 1.165) is 30.5 Å². The van der Waals surface area contributed by atoms with Gasteiger partial charge in [-0.2, -0.15) is 0 Å². The Hall–Kier alpha value is -2.10. The van der Waals surface area contributed by atoms with Crippen molar-refractivity contribution in [1.29, 1.82) is 0 Å². The van der Waals surface area contributed by atoms with E-state index in [1.807, 2.05) is 38.1 Å². The van der Waals surface area contributed by atoms with Crippen molar-refractivity contribution in [2.45, 2.75) is 46.1 Å². The summed E-state index contributed by atoms with van der Waals surface area (Å²) in [5.41, 5.74) is 1.77. The number of allylic oxidation sites excluding steroid dienone is 2. The fourth-order valence-corrected chi connectivity index (χ4v) is 2.59. The molecule has 0 unspecified atom stereocenters. The van der Waals surface area contributed by atoms with Crippen molar-refractivity contribution in [3.05, 3.63) is 42.0 Å². The first-order valence-corrected chi connectivity index (χ1v) is 8.41. The van der Waals surface area contributed by atoms with Gasteiger partial charge in [0.05, 0.1) is 0 Å². The minimum absolute atomic E-state index is 0.00201. The molecular weight excluding hydrogens is 288 g/mol. The fraction of sp³-hybridized carbons (Fsp3) is 0.474. The number of rotatable bonds is 7. The van der Waals surface area contributed by atoms with E-state index in [1.165, 1.54) is 0 Å². The third kappa shape index (κ3) is 5.55. The zero-order valence-electron chi connectivity index (χ0n) is 14.0. The lowest BCUT2D eigenvalue weighted by molar-refractivity contribution is -0.122. The van der Waals surface area contributed by atoms with Gasteiger partial charge in [-0.25, -0.2) is 0 Å². The van der Waals surface area contributed by atoms with Crippen LogP contribution < -0.4 is 10.6 Å². The van der Waals surface area contributed by atoms with Crippen molar-refractivity contribution in [2.75, 3.05) is 5.32 Å². The first-order valence-electron chi connectivity index (χ1n) is 8.41. The minimum Gasteiger partial charge on any atom is -0.352 e. The molecule has 2 rings (SSSR count). The van der Waals surface area contributed by atoms with E-state index in [0.29, 0.717) is 18.9 Å². The summed E-state index contributed by atoms with van der Waals surface area (Å²) in [7, 11) is 0. The van der Waals surface area contributed by atoms with Crippen molar-refractivity contribution < 1.29 is 9.59 Å². The van der Waals surface area contributed by atoms with Crippen molar-refractivity contribution >= 4 is 17.5 Å². The van der Waals surface area contributed by atoms with Crippen LogP contribution in [0.2, 0.25) is 0 Å². The Kier molecular flexibility index (Phi) is 6.39. The molecule has 4 heteroatoms. The highest BCUT2D eigenvalue weighted by molar-refractivity contribution is 5.92. The van der Waals surface area contributed by atoms with Gasteiger partial charge in [0.1, 0.15) is 0 Å². The minimum atomic E-state index is -0.00201. The number of hydrogen-bond donors (Lipinski definition) is 2. The summed E-state index contributed by atoms with van der Waals surface area (Å²) in [6.45, 7) is 4.40. The van der Waals surface area contributed by atoms with Crippen molar-refractivity contribution in [3.63, 3.8) is 0 Å². The maximum atomic E-state index is 11.9. The lowest BCUT2D eigenvalue weighted by Gasteiger charge is -2.12. The number of carbonyl (C=O) groups is 2. The standard InChI is InChI=1S/C19H26N2O2/c1-3-14(2)19(23)21-17-10-6-9-16(11-17)13-20-18(22)12-15-7-4-5-8-15/h4,6-7,9-11,14-15H,3,5,8,12-13H2,1-2H3,(H,20,22)(H,21,23)/t14-,15-/m0/s1. The van der Waals surface area contributed by atoms with Crippen LogP contribution in [-0.4, -0.2) is 11.8 Å². The zero-order valence-corrected chi connectivity index (χ0v) is 14.0. The zero-order chi connectivity index (χ0) is 16.7. The topological polar surface area (TPSA) is 58.2 Å². The van der Waals surface area contributed by atoms with Crippen LogP contribution in [0.15, 0.2) is 36.4 Å². The smallest absolute Gasteiger partial charge is 0.227 e. The molecule has 1 aromatic carbocycles. The highest BCUT2D eigenvalue weighted by atomic mass is 16.2. The molecule has 0 spiro atoms. The van der Waals surface area contributed by atoms with Gasteiger partial charge in [-0.3, -0.25) is 9.59 Å². The molecule has 4 nitrogen and oxygen atoms in total. The van der Waals surface area contributed by atoms with Gasteiger partial charge in [0.15, 0.2) is 0 Å². The Bertz CT molecular complexity index is 580. The molecule has 1 aromatic rings. The van der Waals surface area contributed by atoms with E-state index in [4.69, 9.17) is 0 Å². The Morgan fingerprint density at radius 3 is 2.87 bits per heavy atom. The van der Waals surface area contributed by atoms with Crippen LogP contribution in [0.3, 0.4) is 0 Å². The summed E-state index contributed by atoms with van der Waals surface area (Å²) < 4.78 is 0. The number of amides is 2. The molecule has 23 heavy (non-hydrogen) atoms. The van der Waals surface area contributed by atoms with Gasteiger partial charge in [-0.15, -0.1) is 0 Å². The van der Waals surface area contributed by atoms with Crippen LogP contribution in [0.25, 0.3) is 0 Å². The Morgan fingerprint density at radius 1 is 1.35 bits per heavy atom. The molecule has 0 bridgehead atoms. The molecule has 2 atom stereocenters. The lowest BCUT2D eigenvalue weighted by atomic mass is 10.0. The molecule has 0 aromatic heterocycles. The summed E-state index contributed by atoms with van der Waals surface area (Å²) in [5, 5.41) is 5.87. The third-order valence-corrected chi connectivity index (χ3v) is 4.30. The molecule has 0 radical (unpaired) electrons. The molecule has 1 aliphatic carbocycles. The van der Waals surface area contributed by atoms with Crippen molar-refractivity contribution in [3.8, 4) is 0 Å². The van der Waals surface area contributed by atoms with Gasteiger partial charge in [0.2, 0.25) is 11.8 Å². The molecule has 124 valence electrons. The number of hydrogen-bond acceptors (Lipinski definition) is 2. The molecule has 2 N–H and O–H groups in total. The van der Waals surface area contributed by atoms with Crippen LogP contribution in [0, 0.1) is 11.8 Å². The highest BCUT2D eigenvalue weighted by Gasteiger charge is 2.14. The quantitative estimate of drug-likeness (QED) is 0.755. The molecule has 1 aliphatic rings. The number of anilines is 1. The first-order chi connectivity index (χ1) is 11.1. The summed E-state index contributed by atoms with van der Waals surface area (Å²) in [6.07, 6.45) is 7.80. The Balaban J connectivity index is 1.83. The van der Waals surface area contributed by atoms with Crippen LogP contribution in [0.4, 0.5) is 5.69 Å². The maximum absolute atomic E-state index is 11.9. The number of nitrogens with one attached hydrogen (secondary N) is 2. The Labute approximate surface area is 138 Å². The van der Waals surface area contributed by atoms with E-state index < -0.39 is 0 Å². The highest BCUT2D eigenvalue weighted by Crippen LogP contribution is 2.20. The van der Waals surface area contributed by atoms with Gasteiger partial charge in [0, 0.05) is 24.6 Å². The van der Waals surface area contributed by atoms with Crippen LogP contribution in [0.1, 0.15) is 45.1 Å². The average molecular weight is 314 g/mol. The number of benzene rings is 1. The first kappa shape index (κ1) is 17.3. The monoisotopic (exact) mass is 314 g/mol. The van der Waals surface area contributed by atoms with Gasteiger partial charge < -0.3 is 10.6 Å². The maximum Gasteiger partial charge on any atom is 0.227 e. The third-order valence-electron chi connectivity index (χ3n) is 4.30. The van der Waals surface area contributed by atoms with Crippen LogP contribution in [-0.2, 0) is 16.1 Å². The fourth-order valence-electron chi connectivity index (χ4n) is 2.59. The lowest BCUT2D eigenvalue weighted by Crippen LogP contribution is -2.24. The summed E-state index contributed by atoms with van der Waals surface area (Å²) in [6, 6.07) is 7.63. The van der Waals surface area contributed by atoms with Crippen LogP contribution in [0.5, 0.6) is 0 Å². The van der Waals surface area contributed by atoms with E-state index >= 15 is 0 Å². The summed E-state index contributed by atoms with van der Waals surface area (Å²) >= 11 is 0. The van der Waals surface area contributed by atoms with Crippen molar-refractivity contribution in [2.24, 2.45) is 11.8 Å². The Morgan fingerprint density at radius 2 is 2.17 bits per heavy atom. The predicted molar refractivity (Wildman–Crippen MR) is 92.9 cm³/mol.